The number of para-hydroxylation sites is 1. The molecule has 1 saturated carbocycles. The van der Waals surface area contributed by atoms with Crippen LogP contribution in [0.5, 0.6) is 0 Å². The summed E-state index contributed by atoms with van der Waals surface area (Å²) in [7, 11) is 0. The van der Waals surface area contributed by atoms with Gasteiger partial charge in [0.2, 0.25) is 5.91 Å². The highest BCUT2D eigenvalue weighted by Crippen LogP contribution is 2.33. The lowest BCUT2D eigenvalue weighted by atomic mass is 9.96. The fourth-order valence-electron chi connectivity index (χ4n) is 2.93. The number of hydrogen-bond donors (Lipinski definition) is 2. The summed E-state index contributed by atoms with van der Waals surface area (Å²) in [6.07, 6.45) is 3.34. The molecule has 3 rings (SSSR count). The molecule has 1 atom stereocenters. The lowest BCUT2D eigenvalue weighted by Crippen LogP contribution is -2.42. The van der Waals surface area contributed by atoms with Crippen molar-refractivity contribution in [1.29, 1.82) is 0 Å². The number of carbonyl (C=O) groups excluding carboxylic acids is 1. The normalized spacial score (nSPS) is 21.4. The van der Waals surface area contributed by atoms with Crippen molar-refractivity contribution in [3.63, 3.8) is 0 Å². The van der Waals surface area contributed by atoms with Gasteiger partial charge >= 0.3 is 0 Å². The number of nitrogens with zero attached hydrogens (tertiary/aromatic N) is 1. The lowest BCUT2D eigenvalue weighted by Gasteiger charge is -2.35. The van der Waals surface area contributed by atoms with Crippen molar-refractivity contribution in [2.75, 3.05) is 24.5 Å². The van der Waals surface area contributed by atoms with E-state index in [1.54, 1.807) is 0 Å². The largest absolute Gasteiger partial charge is 0.362 e. The van der Waals surface area contributed by atoms with Crippen molar-refractivity contribution in [3.05, 3.63) is 29.8 Å². The highest BCUT2D eigenvalue weighted by atomic mass is 16.2. The molecule has 1 aliphatic heterocycles. The van der Waals surface area contributed by atoms with E-state index in [9.17, 15) is 4.79 Å². The van der Waals surface area contributed by atoms with Gasteiger partial charge in [0.15, 0.2) is 0 Å². The molecule has 1 aromatic rings. The van der Waals surface area contributed by atoms with Gasteiger partial charge in [-0.2, -0.15) is 0 Å². The summed E-state index contributed by atoms with van der Waals surface area (Å²) in [4.78, 5) is 14.2. The SMILES string of the molecule is CCNC1CCN(CC(=O)NC2CC2)c2ccccc21. The van der Waals surface area contributed by atoms with Gasteiger partial charge in [0.25, 0.3) is 0 Å². The van der Waals surface area contributed by atoms with Gasteiger partial charge in [-0.1, -0.05) is 25.1 Å². The first-order valence-electron chi connectivity index (χ1n) is 7.64. The third-order valence-electron chi connectivity index (χ3n) is 4.07. The Labute approximate surface area is 120 Å². The van der Waals surface area contributed by atoms with Gasteiger partial charge < -0.3 is 15.5 Å². The molecular weight excluding hydrogens is 250 g/mol. The first kappa shape index (κ1) is 13.4. The molecule has 1 aromatic carbocycles. The molecule has 0 bridgehead atoms. The van der Waals surface area contributed by atoms with Crippen LogP contribution in [-0.2, 0) is 4.79 Å². The zero-order chi connectivity index (χ0) is 13.9. The van der Waals surface area contributed by atoms with Crippen LogP contribution in [0.1, 0.15) is 37.8 Å². The maximum atomic E-state index is 12.0. The molecule has 2 aliphatic rings. The molecule has 0 aromatic heterocycles. The van der Waals surface area contributed by atoms with Gasteiger partial charge in [-0.25, -0.2) is 0 Å². The van der Waals surface area contributed by atoms with E-state index in [4.69, 9.17) is 0 Å². The van der Waals surface area contributed by atoms with Gasteiger partial charge in [-0.05, 0) is 37.4 Å². The standard InChI is InChI=1S/C16H23N3O/c1-2-17-14-9-10-19(11-16(20)18-12-7-8-12)15-6-4-3-5-13(14)15/h3-6,12,14,17H,2,7-11H2,1H3,(H,18,20). The first-order valence-corrected chi connectivity index (χ1v) is 7.64. The summed E-state index contributed by atoms with van der Waals surface area (Å²) < 4.78 is 0. The van der Waals surface area contributed by atoms with Crippen molar-refractivity contribution in [3.8, 4) is 0 Å². The van der Waals surface area contributed by atoms with Crippen LogP contribution in [0.4, 0.5) is 5.69 Å². The van der Waals surface area contributed by atoms with Crippen molar-refractivity contribution in [2.24, 2.45) is 0 Å². The van der Waals surface area contributed by atoms with E-state index in [1.165, 1.54) is 11.3 Å². The topological polar surface area (TPSA) is 44.4 Å². The Morgan fingerprint density at radius 3 is 2.85 bits per heavy atom. The Hall–Kier alpha value is -1.55. The van der Waals surface area contributed by atoms with Crippen LogP contribution >= 0.6 is 0 Å². The zero-order valence-corrected chi connectivity index (χ0v) is 12.1. The fraction of sp³-hybridized carbons (Fsp3) is 0.562. The van der Waals surface area contributed by atoms with Crippen molar-refractivity contribution in [2.45, 2.75) is 38.3 Å². The number of nitrogens with one attached hydrogen (secondary N) is 2. The molecule has 108 valence electrons. The Balaban J connectivity index is 1.72. The molecule has 4 nitrogen and oxygen atoms in total. The van der Waals surface area contributed by atoms with Gasteiger partial charge in [-0.3, -0.25) is 4.79 Å². The number of hydrogen-bond acceptors (Lipinski definition) is 3. The quantitative estimate of drug-likeness (QED) is 0.860. The number of benzene rings is 1. The molecule has 0 radical (unpaired) electrons. The van der Waals surface area contributed by atoms with Crippen molar-refractivity contribution >= 4 is 11.6 Å². The molecule has 1 heterocycles. The van der Waals surface area contributed by atoms with E-state index in [0.717, 1.165) is 32.4 Å². The second kappa shape index (κ2) is 5.83. The summed E-state index contributed by atoms with van der Waals surface area (Å²) >= 11 is 0. The Kier molecular flexibility index (Phi) is 3.92. The second-order valence-electron chi connectivity index (χ2n) is 5.72. The number of rotatable bonds is 5. The van der Waals surface area contributed by atoms with Gasteiger partial charge in [0.1, 0.15) is 0 Å². The molecule has 0 saturated heterocycles. The average Bonchev–Trinajstić information content (AvgIpc) is 3.25. The molecule has 20 heavy (non-hydrogen) atoms. The number of amides is 1. The molecule has 1 fully saturated rings. The van der Waals surface area contributed by atoms with Crippen molar-refractivity contribution in [1.82, 2.24) is 10.6 Å². The number of anilines is 1. The van der Waals surface area contributed by atoms with E-state index < -0.39 is 0 Å². The fourth-order valence-corrected chi connectivity index (χ4v) is 2.93. The van der Waals surface area contributed by atoms with Crippen LogP contribution < -0.4 is 15.5 Å². The summed E-state index contributed by atoms with van der Waals surface area (Å²) in [5, 5.41) is 6.60. The Bertz CT molecular complexity index is 484. The van der Waals surface area contributed by atoms with E-state index in [0.29, 0.717) is 18.6 Å². The summed E-state index contributed by atoms with van der Waals surface area (Å²) in [6, 6.07) is 9.29. The van der Waals surface area contributed by atoms with E-state index in [1.807, 2.05) is 0 Å². The first-order chi connectivity index (χ1) is 9.78. The summed E-state index contributed by atoms with van der Waals surface area (Å²) in [6.45, 7) is 4.53. The number of fused-ring (bicyclic) bond motifs is 1. The molecule has 4 heteroatoms. The smallest absolute Gasteiger partial charge is 0.239 e. The maximum Gasteiger partial charge on any atom is 0.239 e. The molecule has 1 aliphatic carbocycles. The van der Waals surface area contributed by atoms with Crippen LogP contribution in [0, 0.1) is 0 Å². The minimum Gasteiger partial charge on any atom is -0.362 e. The number of carbonyl (C=O) groups is 1. The highest BCUT2D eigenvalue weighted by Gasteiger charge is 2.27. The van der Waals surface area contributed by atoms with E-state index in [-0.39, 0.29) is 5.91 Å². The van der Waals surface area contributed by atoms with Gasteiger partial charge in [0, 0.05) is 24.3 Å². The zero-order valence-electron chi connectivity index (χ0n) is 12.1. The Morgan fingerprint density at radius 1 is 1.30 bits per heavy atom. The van der Waals surface area contributed by atoms with E-state index in [2.05, 4.69) is 46.7 Å². The maximum absolute atomic E-state index is 12.0. The predicted molar refractivity (Wildman–Crippen MR) is 80.9 cm³/mol. The van der Waals surface area contributed by atoms with Gasteiger partial charge in [0.05, 0.1) is 6.54 Å². The predicted octanol–water partition coefficient (Wildman–Crippen LogP) is 1.83. The van der Waals surface area contributed by atoms with Crippen LogP contribution in [0.3, 0.4) is 0 Å². The van der Waals surface area contributed by atoms with Crippen molar-refractivity contribution < 1.29 is 4.79 Å². The summed E-state index contributed by atoms with van der Waals surface area (Å²) in [5.41, 5.74) is 2.52. The minimum atomic E-state index is 0.157. The highest BCUT2D eigenvalue weighted by molar-refractivity contribution is 5.82. The molecule has 0 spiro atoms. The van der Waals surface area contributed by atoms with Crippen LogP contribution in [-0.4, -0.2) is 31.6 Å². The third kappa shape index (κ3) is 2.96. The average molecular weight is 273 g/mol. The molecular formula is C16H23N3O. The lowest BCUT2D eigenvalue weighted by molar-refractivity contribution is -0.119. The minimum absolute atomic E-state index is 0.157. The monoisotopic (exact) mass is 273 g/mol. The summed E-state index contributed by atoms with van der Waals surface area (Å²) in [5.74, 6) is 0.157. The molecule has 1 amide bonds. The van der Waals surface area contributed by atoms with Gasteiger partial charge in [-0.15, -0.1) is 0 Å². The second-order valence-corrected chi connectivity index (χ2v) is 5.72. The van der Waals surface area contributed by atoms with E-state index >= 15 is 0 Å². The molecule has 1 unspecified atom stereocenters. The third-order valence-corrected chi connectivity index (χ3v) is 4.07. The van der Waals surface area contributed by atoms with Crippen LogP contribution in [0.25, 0.3) is 0 Å². The molecule has 2 N–H and O–H groups in total. The Morgan fingerprint density at radius 2 is 2.10 bits per heavy atom. The van der Waals surface area contributed by atoms with Crippen LogP contribution in [0.2, 0.25) is 0 Å². The van der Waals surface area contributed by atoms with Crippen LogP contribution in [0.15, 0.2) is 24.3 Å².